The lowest BCUT2D eigenvalue weighted by atomic mass is 10.3. The number of hydrogen-bond donors (Lipinski definition) is 1. The van der Waals surface area contributed by atoms with E-state index in [2.05, 4.69) is 15.9 Å². The van der Waals surface area contributed by atoms with Gasteiger partial charge in [0.25, 0.3) is 0 Å². The van der Waals surface area contributed by atoms with Crippen molar-refractivity contribution in [2.45, 2.75) is 0 Å². The lowest BCUT2D eigenvalue weighted by Crippen LogP contribution is -1.90. The SMILES string of the molecule is Nc1cc(Cl)c(Oc2ccc(Br)cc2)c(Cl)c1. The fraction of sp³-hybridized carbons (Fsp3) is 0. The molecule has 0 radical (unpaired) electrons. The molecule has 2 aromatic carbocycles. The third kappa shape index (κ3) is 3.06. The third-order valence-electron chi connectivity index (χ3n) is 2.05. The highest BCUT2D eigenvalue weighted by atomic mass is 79.9. The summed E-state index contributed by atoms with van der Waals surface area (Å²) in [6, 6.07) is 10.6. The van der Waals surface area contributed by atoms with Gasteiger partial charge in [-0.05, 0) is 36.4 Å². The van der Waals surface area contributed by atoms with Crippen LogP contribution in [0.25, 0.3) is 0 Å². The fourth-order valence-corrected chi connectivity index (χ4v) is 2.14. The molecular weight excluding hydrogens is 325 g/mol. The van der Waals surface area contributed by atoms with Gasteiger partial charge in [0.1, 0.15) is 5.75 Å². The largest absolute Gasteiger partial charge is 0.454 e. The quantitative estimate of drug-likeness (QED) is 0.773. The van der Waals surface area contributed by atoms with E-state index in [4.69, 9.17) is 33.7 Å². The first-order valence-electron chi connectivity index (χ1n) is 4.74. The van der Waals surface area contributed by atoms with Crippen LogP contribution in [0.4, 0.5) is 5.69 Å². The molecule has 0 fully saturated rings. The second-order valence-electron chi connectivity index (χ2n) is 3.37. The summed E-state index contributed by atoms with van der Waals surface area (Å²) in [6.07, 6.45) is 0. The van der Waals surface area contributed by atoms with Crippen molar-refractivity contribution in [1.82, 2.24) is 0 Å². The molecule has 0 spiro atoms. The monoisotopic (exact) mass is 331 g/mol. The molecule has 2 rings (SSSR count). The summed E-state index contributed by atoms with van der Waals surface area (Å²) >= 11 is 15.4. The maximum Gasteiger partial charge on any atom is 0.164 e. The first kappa shape index (κ1) is 12.6. The van der Waals surface area contributed by atoms with E-state index >= 15 is 0 Å². The van der Waals surface area contributed by atoms with Gasteiger partial charge in [0.2, 0.25) is 0 Å². The van der Waals surface area contributed by atoms with Gasteiger partial charge in [-0.1, -0.05) is 39.1 Å². The molecule has 88 valence electrons. The minimum absolute atomic E-state index is 0.387. The maximum atomic E-state index is 6.02. The number of anilines is 1. The fourth-order valence-electron chi connectivity index (χ4n) is 1.30. The van der Waals surface area contributed by atoms with Gasteiger partial charge in [0.15, 0.2) is 5.75 Å². The predicted octanol–water partition coefficient (Wildman–Crippen LogP) is 5.13. The highest BCUT2D eigenvalue weighted by Gasteiger charge is 2.09. The van der Waals surface area contributed by atoms with Gasteiger partial charge in [-0.25, -0.2) is 0 Å². The molecule has 0 atom stereocenters. The van der Waals surface area contributed by atoms with Crippen molar-refractivity contribution in [2.24, 2.45) is 0 Å². The van der Waals surface area contributed by atoms with Crippen LogP contribution in [0.2, 0.25) is 10.0 Å². The topological polar surface area (TPSA) is 35.2 Å². The summed E-state index contributed by atoms with van der Waals surface area (Å²) in [5.41, 5.74) is 6.11. The van der Waals surface area contributed by atoms with Crippen LogP contribution in [0.1, 0.15) is 0 Å². The Hall–Kier alpha value is -0.900. The molecule has 2 nitrogen and oxygen atoms in total. The molecule has 0 heterocycles. The van der Waals surface area contributed by atoms with Crippen molar-refractivity contribution in [3.63, 3.8) is 0 Å². The number of nitrogen functional groups attached to an aromatic ring is 1. The van der Waals surface area contributed by atoms with Gasteiger partial charge in [0, 0.05) is 10.2 Å². The number of ether oxygens (including phenoxy) is 1. The molecule has 0 aromatic heterocycles. The average molecular weight is 333 g/mol. The first-order valence-corrected chi connectivity index (χ1v) is 6.29. The van der Waals surface area contributed by atoms with Crippen molar-refractivity contribution in [3.8, 4) is 11.5 Å². The molecule has 0 aliphatic heterocycles. The summed E-state index contributed by atoms with van der Waals surface area (Å²) in [5.74, 6) is 1.06. The van der Waals surface area contributed by atoms with Gasteiger partial charge < -0.3 is 10.5 Å². The second-order valence-corrected chi connectivity index (χ2v) is 5.10. The summed E-state index contributed by atoms with van der Waals surface area (Å²) < 4.78 is 6.58. The number of rotatable bonds is 2. The van der Waals surface area contributed by atoms with Crippen molar-refractivity contribution in [2.75, 3.05) is 5.73 Å². The van der Waals surface area contributed by atoms with Gasteiger partial charge in [-0.15, -0.1) is 0 Å². The molecule has 2 aromatic rings. The van der Waals surface area contributed by atoms with Crippen molar-refractivity contribution in [1.29, 1.82) is 0 Å². The van der Waals surface area contributed by atoms with E-state index in [0.29, 0.717) is 27.2 Å². The smallest absolute Gasteiger partial charge is 0.164 e. The Balaban J connectivity index is 2.33. The van der Waals surface area contributed by atoms with E-state index in [1.54, 1.807) is 12.1 Å². The summed E-state index contributed by atoms with van der Waals surface area (Å²) in [4.78, 5) is 0. The van der Waals surface area contributed by atoms with Crippen LogP contribution in [-0.4, -0.2) is 0 Å². The molecule has 0 bridgehead atoms. The Morgan fingerprint density at radius 3 is 2.06 bits per heavy atom. The van der Waals surface area contributed by atoms with E-state index in [1.807, 2.05) is 24.3 Å². The lowest BCUT2D eigenvalue weighted by molar-refractivity contribution is 0.483. The van der Waals surface area contributed by atoms with Crippen LogP contribution >= 0.6 is 39.1 Å². The Morgan fingerprint density at radius 1 is 1.00 bits per heavy atom. The van der Waals surface area contributed by atoms with E-state index in [1.165, 1.54) is 0 Å². The Morgan fingerprint density at radius 2 is 1.53 bits per heavy atom. The Labute approximate surface area is 117 Å². The van der Waals surface area contributed by atoms with Crippen LogP contribution in [0.15, 0.2) is 40.9 Å². The number of halogens is 3. The summed E-state index contributed by atoms with van der Waals surface area (Å²) in [7, 11) is 0. The van der Waals surface area contributed by atoms with Crippen LogP contribution in [0.3, 0.4) is 0 Å². The maximum absolute atomic E-state index is 6.02. The normalized spacial score (nSPS) is 10.3. The molecule has 0 unspecified atom stereocenters. The highest BCUT2D eigenvalue weighted by molar-refractivity contribution is 9.10. The van der Waals surface area contributed by atoms with Crippen LogP contribution in [-0.2, 0) is 0 Å². The zero-order valence-electron chi connectivity index (χ0n) is 8.58. The van der Waals surface area contributed by atoms with Gasteiger partial charge >= 0.3 is 0 Å². The van der Waals surface area contributed by atoms with Gasteiger partial charge in [-0.2, -0.15) is 0 Å². The van der Waals surface area contributed by atoms with E-state index < -0.39 is 0 Å². The molecule has 0 saturated heterocycles. The van der Waals surface area contributed by atoms with Gasteiger partial charge in [0.05, 0.1) is 10.0 Å². The standard InChI is InChI=1S/C12H8BrCl2NO/c13-7-1-3-9(4-2-7)17-12-10(14)5-8(16)6-11(12)15/h1-6H,16H2. The van der Waals surface area contributed by atoms with Crippen molar-refractivity contribution >= 4 is 44.8 Å². The second kappa shape index (κ2) is 5.17. The van der Waals surface area contributed by atoms with E-state index in [-0.39, 0.29) is 0 Å². The minimum Gasteiger partial charge on any atom is -0.454 e. The molecule has 0 aliphatic carbocycles. The number of hydrogen-bond acceptors (Lipinski definition) is 2. The Bertz CT molecular complexity index is 520. The first-order chi connectivity index (χ1) is 8.06. The highest BCUT2D eigenvalue weighted by Crippen LogP contribution is 2.38. The molecule has 0 aliphatic rings. The molecule has 5 heteroatoms. The Kier molecular flexibility index (Phi) is 3.82. The van der Waals surface area contributed by atoms with E-state index in [0.717, 1.165) is 4.47 Å². The van der Waals surface area contributed by atoms with Crippen molar-refractivity contribution < 1.29 is 4.74 Å². The zero-order chi connectivity index (χ0) is 12.4. The molecule has 2 N–H and O–H groups in total. The van der Waals surface area contributed by atoms with Crippen LogP contribution < -0.4 is 10.5 Å². The lowest BCUT2D eigenvalue weighted by Gasteiger charge is -2.10. The zero-order valence-corrected chi connectivity index (χ0v) is 11.7. The molecule has 0 saturated carbocycles. The van der Waals surface area contributed by atoms with Crippen molar-refractivity contribution in [3.05, 3.63) is 50.9 Å². The molecule has 17 heavy (non-hydrogen) atoms. The average Bonchev–Trinajstić information content (AvgIpc) is 2.26. The predicted molar refractivity (Wildman–Crippen MR) is 75.1 cm³/mol. The van der Waals surface area contributed by atoms with E-state index in [9.17, 15) is 0 Å². The van der Waals surface area contributed by atoms with Gasteiger partial charge in [-0.3, -0.25) is 0 Å². The minimum atomic E-state index is 0.387. The number of benzene rings is 2. The van der Waals surface area contributed by atoms with Crippen LogP contribution in [0, 0.1) is 0 Å². The molecule has 0 amide bonds. The van der Waals surface area contributed by atoms with Crippen LogP contribution in [0.5, 0.6) is 11.5 Å². The number of nitrogens with two attached hydrogens (primary N) is 1. The molecular formula is C12H8BrCl2NO. The summed E-state index contributed by atoms with van der Waals surface area (Å²) in [6.45, 7) is 0. The summed E-state index contributed by atoms with van der Waals surface area (Å²) in [5, 5.41) is 0.774. The third-order valence-corrected chi connectivity index (χ3v) is 3.14.